The van der Waals surface area contributed by atoms with E-state index < -0.39 is 0 Å². The van der Waals surface area contributed by atoms with Gasteiger partial charge in [0, 0.05) is 11.9 Å². The molecule has 0 atom stereocenters. The Morgan fingerprint density at radius 3 is 2.58 bits per heavy atom. The fraction of sp³-hybridized carbons (Fsp3) is 0.200. The zero-order valence-electron chi connectivity index (χ0n) is 10.9. The number of rotatable bonds is 4. The predicted octanol–water partition coefficient (Wildman–Crippen LogP) is 3.48. The standard InChI is InChI=1S/C15H15N3O/c1-11(2)19-14-5-3-13(4-6-14)18-15-10-17-8-7-12(15)9-16/h3-8,10-11,18H,1-2H3. The number of pyridine rings is 1. The predicted molar refractivity (Wildman–Crippen MR) is 74.4 cm³/mol. The quantitative estimate of drug-likeness (QED) is 0.906. The van der Waals surface area contributed by atoms with Gasteiger partial charge in [-0.25, -0.2) is 0 Å². The van der Waals surface area contributed by atoms with E-state index in [0.717, 1.165) is 11.4 Å². The van der Waals surface area contributed by atoms with Gasteiger partial charge in [-0.2, -0.15) is 5.26 Å². The van der Waals surface area contributed by atoms with Crippen LogP contribution < -0.4 is 10.1 Å². The minimum Gasteiger partial charge on any atom is -0.491 e. The molecule has 2 aromatic rings. The molecule has 0 saturated heterocycles. The van der Waals surface area contributed by atoms with Crippen molar-refractivity contribution in [1.82, 2.24) is 4.98 Å². The molecule has 2 rings (SSSR count). The SMILES string of the molecule is CC(C)Oc1ccc(Nc2cnccc2C#N)cc1. The molecule has 0 spiro atoms. The summed E-state index contributed by atoms with van der Waals surface area (Å²) in [7, 11) is 0. The highest BCUT2D eigenvalue weighted by atomic mass is 16.5. The molecule has 4 nitrogen and oxygen atoms in total. The lowest BCUT2D eigenvalue weighted by molar-refractivity contribution is 0.242. The first-order chi connectivity index (χ1) is 9.19. The second-order valence-corrected chi connectivity index (χ2v) is 4.35. The first-order valence-electron chi connectivity index (χ1n) is 6.07. The summed E-state index contributed by atoms with van der Waals surface area (Å²) in [4.78, 5) is 4.01. The molecule has 1 N–H and O–H groups in total. The minimum absolute atomic E-state index is 0.155. The minimum atomic E-state index is 0.155. The number of nitrogens with zero attached hydrogens (tertiary/aromatic N) is 2. The molecule has 0 aliphatic heterocycles. The van der Waals surface area contributed by atoms with Crippen molar-refractivity contribution in [2.24, 2.45) is 0 Å². The van der Waals surface area contributed by atoms with Gasteiger partial charge in [-0.1, -0.05) is 0 Å². The average molecular weight is 253 g/mol. The van der Waals surface area contributed by atoms with E-state index in [4.69, 9.17) is 10.00 Å². The Morgan fingerprint density at radius 2 is 1.95 bits per heavy atom. The van der Waals surface area contributed by atoms with Gasteiger partial charge in [-0.05, 0) is 44.2 Å². The number of aromatic nitrogens is 1. The van der Waals surface area contributed by atoms with Crippen molar-refractivity contribution in [2.45, 2.75) is 20.0 Å². The summed E-state index contributed by atoms with van der Waals surface area (Å²) in [6.45, 7) is 3.97. The molecule has 1 aromatic heterocycles. The van der Waals surface area contributed by atoms with E-state index in [-0.39, 0.29) is 6.10 Å². The van der Waals surface area contributed by atoms with E-state index in [1.807, 2.05) is 38.1 Å². The van der Waals surface area contributed by atoms with E-state index in [0.29, 0.717) is 11.3 Å². The number of nitriles is 1. The molecule has 0 aliphatic rings. The molecule has 1 heterocycles. The third-order valence-corrected chi connectivity index (χ3v) is 2.45. The van der Waals surface area contributed by atoms with Gasteiger partial charge in [0.2, 0.25) is 0 Å². The number of hydrogen-bond donors (Lipinski definition) is 1. The number of hydrogen-bond acceptors (Lipinski definition) is 4. The van der Waals surface area contributed by atoms with Crippen LogP contribution in [0.4, 0.5) is 11.4 Å². The summed E-state index contributed by atoms with van der Waals surface area (Å²) < 4.78 is 5.57. The van der Waals surface area contributed by atoms with Gasteiger partial charge in [0.15, 0.2) is 0 Å². The topological polar surface area (TPSA) is 57.9 Å². The van der Waals surface area contributed by atoms with Crippen molar-refractivity contribution in [3.8, 4) is 11.8 Å². The lowest BCUT2D eigenvalue weighted by Gasteiger charge is -2.11. The van der Waals surface area contributed by atoms with Crippen LogP contribution in [-0.4, -0.2) is 11.1 Å². The molecular weight excluding hydrogens is 238 g/mol. The van der Waals surface area contributed by atoms with Gasteiger partial charge in [0.05, 0.1) is 23.6 Å². The monoisotopic (exact) mass is 253 g/mol. The van der Waals surface area contributed by atoms with Crippen molar-refractivity contribution >= 4 is 11.4 Å². The molecule has 1 aromatic carbocycles. The lowest BCUT2D eigenvalue weighted by Crippen LogP contribution is -2.05. The first kappa shape index (κ1) is 12.9. The van der Waals surface area contributed by atoms with Crippen molar-refractivity contribution in [1.29, 1.82) is 5.26 Å². The molecule has 0 radical (unpaired) electrons. The van der Waals surface area contributed by atoms with Gasteiger partial charge in [-0.3, -0.25) is 4.98 Å². The van der Waals surface area contributed by atoms with Gasteiger partial charge in [-0.15, -0.1) is 0 Å². The average Bonchev–Trinajstić information content (AvgIpc) is 2.41. The molecule has 0 aliphatic carbocycles. The molecular formula is C15H15N3O. The Hall–Kier alpha value is -2.54. The van der Waals surface area contributed by atoms with Crippen LogP contribution >= 0.6 is 0 Å². The number of ether oxygens (including phenoxy) is 1. The van der Waals surface area contributed by atoms with Crippen LogP contribution in [0.15, 0.2) is 42.7 Å². The van der Waals surface area contributed by atoms with Crippen LogP contribution in [-0.2, 0) is 0 Å². The van der Waals surface area contributed by atoms with E-state index in [1.165, 1.54) is 0 Å². The Balaban J connectivity index is 2.13. The van der Waals surface area contributed by atoms with Gasteiger partial charge in [0.25, 0.3) is 0 Å². The maximum absolute atomic E-state index is 9.00. The summed E-state index contributed by atoms with van der Waals surface area (Å²) in [6.07, 6.45) is 3.39. The zero-order valence-corrected chi connectivity index (χ0v) is 10.9. The smallest absolute Gasteiger partial charge is 0.119 e. The fourth-order valence-corrected chi connectivity index (χ4v) is 1.64. The van der Waals surface area contributed by atoms with E-state index in [9.17, 15) is 0 Å². The molecule has 4 heteroatoms. The van der Waals surface area contributed by atoms with Crippen LogP contribution in [0.5, 0.6) is 5.75 Å². The Morgan fingerprint density at radius 1 is 1.21 bits per heavy atom. The summed E-state index contributed by atoms with van der Waals surface area (Å²) in [5, 5.41) is 12.2. The zero-order chi connectivity index (χ0) is 13.7. The molecule has 0 bridgehead atoms. The summed E-state index contributed by atoms with van der Waals surface area (Å²) in [5.41, 5.74) is 2.15. The maximum Gasteiger partial charge on any atom is 0.119 e. The number of anilines is 2. The molecule has 0 amide bonds. The second kappa shape index (κ2) is 5.87. The van der Waals surface area contributed by atoms with Crippen LogP contribution in [0.1, 0.15) is 19.4 Å². The molecule has 19 heavy (non-hydrogen) atoms. The molecule has 96 valence electrons. The molecule has 0 saturated carbocycles. The number of benzene rings is 1. The van der Waals surface area contributed by atoms with Crippen LogP contribution in [0, 0.1) is 11.3 Å². The van der Waals surface area contributed by atoms with Crippen molar-refractivity contribution in [3.63, 3.8) is 0 Å². The summed E-state index contributed by atoms with van der Waals surface area (Å²) >= 11 is 0. The molecule has 0 unspecified atom stereocenters. The normalized spacial score (nSPS) is 10.0. The third kappa shape index (κ3) is 3.46. The lowest BCUT2D eigenvalue weighted by atomic mass is 10.2. The van der Waals surface area contributed by atoms with Crippen LogP contribution in [0.25, 0.3) is 0 Å². The van der Waals surface area contributed by atoms with Crippen molar-refractivity contribution < 1.29 is 4.74 Å². The Kier molecular flexibility index (Phi) is 3.99. The van der Waals surface area contributed by atoms with Crippen molar-refractivity contribution in [3.05, 3.63) is 48.3 Å². The highest BCUT2D eigenvalue weighted by Crippen LogP contribution is 2.22. The fourth-order valence-electron chi connectivity index (χ4n) is 1.64. The number of nitrogens with one attached hydrogen (secondary N) is 1. The Bertz CT molecular complexity index is 585. The van der Waals surface area contributed by atoms with Crippen LogP contribution in [0.3, 0.4) is 0 Å². The second-order valence-electron chi connectivity index (χ2n) is 4.35. The summed E-state index contributed by atoms with van der Waals surface area (Å²) in [6, 6.07) is 11.4. The van der Waals surface area contributed by atoms with Gasteiger partial charge < -0.3 is 10.1 Å². The molecule has 0 fully saturated rings. The first-order valence-corrected chi connectivity index (χ1v) is 6.07. The largest absolute Gasteiger partial charge is 0.491 e. The van der Waals surface area contributed by atoms with E-state index in [1.54, 1.807) is 18.5 Å². The van der Waals surface area contributed by atoms with E-state index >= 15 is 0 Å². The Labute approximate surface area is 112 Å². The van der Waals surface area contributed by atoms with E-state index in [2.05, 4.69) is 16.4 Å². The highest BCUT2D eigenvalue weighted by molar-refractivity contribution is 5.65. The van der Waals surface area contributed by atoms with Gasteiger partial charge >= 0.3 is 0 Å². The maximum atomic E-state index is 9.00. The van der Waals surface area contributed by atoms with Gasteiger partial charge in [0.1, 0.15) is 11.8 Å². The van der Waals surface area contributed by atoms with Crippen LogP contribution in [0.2, 0.25) is 0 Å². The highest BCUT2D eigenvalue weighted by Gasteiger charge is 2.02. The summed E-state index contributed by atoms with van der Waals surface area (Å²) in [5.74, 6) is 0.826. The van der Waals surface area contributed by atoms with Crippen molar-refractivity contribution in [2.75, 3.05) is 5.32 Å². The third-order valence-electron chi connectivity index (χ3n) is 2.45.